The maximum atomic E-state index is 5.20. The fourth-order valence-corrected chi connectivity index (χ4v) is 1.25. The highest BCUT2D eigenvalue weighted by Gasteiger charge is 2.06. The molecule has 0 aliphatic carbocycles. The summed E-state index contributed by atoms with van der Waals surface area (Å²) in [5, 5.41) is 2.99. The van der Waals surface area contributed by atoms with Gasteiger partial charge in [0.2, 0.25) is 0 Å². The molecule has 66 valence electrons. The van der Waals surface area contributed by atoms with Crippen molar-refractivity contribution in [2.75, 3.05) is 19.5 Å². The normalized spacial score (nSPS) is 9.67. The first kappa shape index (κ1) is 8.84. The summed E-state index contributed by atoms with van der Waals surface area (Å²) in [4.78, 5) is 4.29. The third kappa shape index (κ3) is 1.49. The third-order valence-electron chi connectivity index (χ3n) is 1.73. The van der Waals surface area contributed by atoms with Gasteiger partial charge in [0.15, 0.2) is 11.6 Å². The van der Waals surface area contributed by atoms with E-state index in [0.29, 0.717) is 0 Å². The number of methoxy groups -OCH3 is 1. The van der Waals surface area contributed by atoms with Crippen LogP contribution in [0, 0.1) is 13.8 Å². The summed E-state index contributed by atoms with van der Waals surface area (Å²) in [6, 6.07) is 2.00. The van der Waals surface area contributed by atoms with Gasteiger partial charge < -0.3 is 10.1 Å². The van der Waals surface area contributed by atoms with Crippen LogP contribution in [0.25, 0.3) is 0 Å². The van der Waals surface area contributed by atoms with Crippen LogP contribution in [0.1, 0.15) is 11.3 Å². The highest BCUT2D eigenvalue weighted by molar-refractivity contribution is 5.54. The van der Waals surface area contributed by atoms with E-state index in [4.69, 9.17) is 4.74 Å². The van der Waals surface area contributed by atoms with Gasteiger partial charge in [-0.3, -0.25) is 0 Å². The van der Waals surface area contributed by atoms with Crippen LogP contribution in [-0.2, 0) is 0 Å². The summed E-state index contributed by atoms with van der Waals surface area (Å²) in [6.07, 6.45) is 0. The van der Waals surface area contributed by atoms with Crippen molar-refractivity contribution < 1.29 is 4.74 Å². The molecule has 3 heteroatoms. The van der Waals surface area contributed by atoms with E-state index in [1.54, 1.807) is 7.11 Å². The van der Waals surface area contributed by atoms with Crippen molar-refractivity contribution in [3.63, 3.8) is 0 Å². The SMILES string of the molecule is CNc1nc(C)cc(C)c1OC. The lowest BCUT2D eigenvalue weighted by Crippen LogP contribution is -2.00. The molecule has 0 atom stereocenters. The average molecular weight is 166 g/mol. The number of anilines is 1. The van der Waals surface area contributed by atoms with Crippen LogP contribution < -0.4 is 10.1 Å². The summed E-state index contributed by atoms with van der Waals surface area (Å²) in [5.41, 5.74) is 2.10. The first-order chi connectivity index (χ1) is 5.69. The number of nitrogens with zero attached hydrogens (tertiary/aromatic N) is 1. The van der Waals surface area contributed by atoms with Gasteiger partial charge in [-0.2, -0.15) is 0 Å². The molecule has 1 rings (SSSR count). The maximum Gasteiger partial charge on any atom is 0.169 e. The summed E-state index contributed by atoms with van der Waals surface area (Å²) in [6.45, 7) is 3.97. The fourth-order valence-electron chi connectivity index (χ4n) is 1.25. The lowest BCUT2D eigenvalue weighted by atomic mass is 10.2. The fraction of sp³-hybridized carbons (Fsp3) is 0.444. The van der Waals surface area contributed by atoms with Crippen LogP contribution in [0.5, 0.6) is 5.75 Å². The molecule has 0 amide bonds. The van der Waals surface area contributed by atoms with Crippen LogP contribution in [0.2, 0.25) is 0 Å². The zero-order valence-corrected chi connectivity index (χ0v) is 7.93. The first-order valence-corrected chi connectivity index (χ1v) is 3.89. The molecule has 0 spiro atoms. The molecular formula is C9H14N2O. The van der Waals surface area contributed by atoms with Crippen molar-refractivity contribution in [3.8, 4) is 5.75 Å². The molecule has 0 saturated heterocycles. The number of pyridine rings is 1. The molecule has 1 aromatic rings. The lowest BCUT2D eigenvalue weighted by Gasteiger charge is -2.10. The molecule has 1 heterocycles. The van der Waals surface area contributed by atoms with E-state index in [1.165, 1.54) is 0 Å². The molecule has 0 radical (unpaired) electrons. The van der Waals surface area contributed by atoms with Gasteiger partial charge in [-0.15, -0.1) is 0 Å². The van der Waals surface area contributed by atoms with E-state index in [0.717, 1.165) is 22.8 Å². The van der Waals surface area contributed by atoms with Crippen molar-refractivity contribution in [2.45, 2.75) is 13.8 Å². The minimum atomic E-state index is 0.801. The highest BCUT2D eigenvalue weighted by atomic mass is 16.5. The van der Waals surface area contributed by atoms with Gasteiger partial charge in [-0.25, -0.2) is 4.98 Å². The second-order valence-corrected chi connectivity index (χ2v) is 2.71. The monoisotopic (exact) mass is 166 g/mol. The zero-order valence-electron chi connectivity index (χ0n) is 7.93. The van der Waals surface area contributed by atoms with Gasteiger partial charge >= 0.3 is 0 Å². The van der Waals surface area contributed by atoms with Crippen LogP contribution in [0.4, 0.5) is 5.82 Å². The molecule has 0 aromatic carbocycles. The summed E-state index contributed by atoms with van der Waals surface area (Å²) in [7, 11) is 3.49. The number of nitrogens with one attached hydrogen (secondary N) is 1. The number of rotatable bonds is 2. The number of ether oxygens (including phenoxy) is 1. The quantitative estimate of drug-likeness (QED) is 0.726. The maximum absolute atomic E-state index is 5.20. The minimum Gasteiger partial charge on any atom is -0.493 e. The largest absolute Gasteiger partial charge is 0.493 e. The number of aromatic nitrogens is 1. The molecule has 1 aromatic heterocycles. The molecule has 0 aliphatic heterocycles. The van der Waals surface area contributed by atoms with Crippen molar-refractivity contribution in [1.82, 2.24) is 4.98 Å². The zero-order chi connectivity index (χ0) is 9.14. The highest BCUT2D eigenvalue weighted by Crippen LogP contribution is 2.26. The molecular weight excluding hydrogens is 152 g/mol. The predicted molar refractivity (Wildman–Crippen MR) is 49.8 cm³/mol. The second-order valence-electron chi connectivity index (χ2n) is 2.71. The molecule has 0 fully saturated rings. The van der Waals surface area contributed by atoms with E-state index >= 15 is 0 Å². The second kappa shape index (κ2) is 3.43. The van der Waals surface area contributed by atoms with Crippen molar-refractivity contribution in [1.29, 1.82) is 0 Å². The molecule has 0 aliphatic rings. The summed E-state index contributed by atoms with van der Waals surface area (Å²) >= 11 is 0. The predicted octanol–water partition coefficient (Wildman–Crippen LogP) is 1.75. The Kier molecular flexibility index (Phi) is 2.53. The molecule has 12 heavy (non-hydrogen) atoms. The van der Waals surface area contributed by atoms with Crippen LogP contribution in [0.3, 0.4) is 0 Å². The number of aryl methyl sites for hydroxylation is 2. The Bertz CT molecular complexity index is 284. The van der Waals surface area contributed by atoms with Gasteiger partial charge in [0.1, 0.15) is 0 Å². The van der Waals surface area contributed by atoms with E-state index in [-0.39, 0.29) is 0 Å². The molecule has 3 nitrogen and oxygen atoms in total. The minimum absolute atomic E-state index is 0.801. The molecule has 0 unspecified atom stereocenters. The van der Waals surface area contributed by atoms with Crippen molar-refractivity contribution in [2.24, 2.45) is 0 Å². The number of hydrogen-bond donors (Lipinski definition) is 1. The Hall–Kier alpha value is -1.25. The van der Waals surface area contributed by atoms with Gasteiger partial charge in [0.25, 0.3) is 0 Å². The molecule has 1 N–H and O–H groups in total. The van der Waals surface area contributed by atoms with Gasteiger partial charge in [-0.05, 0) is 25.5 Å². The van der Waals surface area contributed by atoms with Crippen LogP contribution in [-0.4, -0.2) is 19.1 Å². The van der Waals surface area contributed by atoms with Gasteiger partial charge in [-0.1, -0.05) is 0 Å². The Morgan fingerprint density at radius 2 is 2.08 bits per heavy atom. The van der Waals surface area contributed by atoms with Crippen molar-refractivity contribution >= 4 is 5.82 Å². The average Bonchev–Trinajstić information content (AvgIpc) is 2.03. The summed E-state index contributed by atoms with van der Waals surface area (Å²) in [5.74, 6) is 1.62. The Morgan fingerprint density at radius 1 is 1.42 bits per heavy atom. The van der Waals surface area contributed by atoms with Gasteiger partial charge in [0, 0.05) is 12.7 Å². The third-order valence-corrected chi connectivity index (χ3v) is 1.73. The Labute approximate surface area is 72.8 Å². The molecule has 0 bridgehead atoms. The smallest absolute Gasteiger partial charge is 0.169 e. The Balaban J connectivity index is 3.24. The van der Waals surface area contributed by atoms with Crippen LogP contribution >= 0.6 is 0 Å². The first-order valence-electron chi connectivity index (χ1n) is 3.89. The van der Waals surface area contributed by atoms with Gasteiger partial charge in [0.05, 0.1) is 7.11 Å². The van der Waals surface area contributed by atoms with E-state index in [2.05, 4.69) is 10.3 Å². The number of hydrogen-bond acceptors (Lipinski definition) is 3. The molecule has 0 saturated carbocycles. The van der Waals surface area contributed by atoms with Crippen molar-refractivity contribution in [3.05, 3.63) is 17.3 Å². The van der Waals surface area contributed by atoms with E-state index < -0.39 is 0 Å². The Morgan fingerprint density at radius 3 is 2.58 bits per heavy atom. The van der Waals surface area contributed by atoms with E-state index in [9.17, 15) is 0 Å². The topological polar surface area (TPSA) is 34.2 Å². The van der Waals surface area contributed by atoms with E-state index in [1.807, 2.05) is 27.0 Å². The lowest BCUT2D eigenvalue weighted by molar-refractivity contribution is 0.411. The van der Waals surface area contributed by atoms with Crippen LogP contribution in [0.15, 0.2) is 6.07 Å². The standard InChI is InChI=1S/C9H14N2O/c1-6-5-7(2)11-9(10-3)8(6)12-4/h5H,1-4H3,(H,10,11). The summed E-state index contributed by atoms with van der Waals surface area (Å²) < 4.78 is 5.20.